The van der Waals surface area contributed by atoms with Crippen molar-refractivity contribution in [3.8, 4) is 0 Å². The van der Waals surface area contributed by atoms with Crippen molar-refractivity contribution in [3.05, 3.63) is 101 Å². The van der Waals surface area contributed by atoms with E-state index in [1.807, 2.05) is 56.3 Å². The van der Waals surface area contributed by atoms with Crippen molar-refractivity contribution in [2.45, 2.75) is 45.7 Å². The Bertz CT molecular complexity index is 1350. The number of amides is 2. The van der Waals surface area contributed by atoms with Crippen LogP contribution in [0.2, 0.25) is 0 Å². The quantitative estimate of drug-likeness (QED) is 0.342. The molecule has 39 heavy (non-hydrogen) atoms. The Hall–Kier alpha value is -3.72. The van der Waals surface area contributed by atoms with Gasteiger partial charge in [0.05, 0.1) is 11.9 Å². The zero-order valence-corrected chi connectivity index (χ0v) is 23.5. The van der Waals surface area contributed by atoms with Crippen LogP contribution in [0.1, 0.15) is 37.0 Å². The SMILES string of the molecule is CCCNC(=O)[C@H](Cc1ccccc1)N(Cc1ccc(F)cc1)C(=O)CN(c1ccccc1CC)S(C)(=O)=O. The van der Waals surface area contributed by atoms with Crippen LogP contribution in [0.3, 0.4) is 0 Å². The van der Waals surface area contributed by atoms with Gasteiger partial charge in [0.15, 0.2) is 0 Å². The molecule has 0 heterocycles. The second-order valence-electron chi connectivity index (χ2n) is 9.40. The first kappa shape index (κ1) is 29.8. The third kappa shape index (κ3) is 8.38. The van der Waals surface area contributed by atoms with Gasteiger partial charge in [-0.05, 0) is 47.7 Å². The van der Waals surface area contributed by atoms with Gasteiger partial charge in [-0.3, -0.25) is 13.9 Å². The van der Waals surface area contributed by atoms with E-state index in [0.29, 0.717) is 30.6 Å². The fraction of sp³-hybridized carbons (Fsp3) is 0.333. The van der Waals surface area contributed by atoms with E-state index in [-0.39, 0.29) is 18.9 Å². The molecule has 3 aromatic rings. The molecule has 9 heteroatoms. The summed E-state index contributed by atoms with van der Waals surface area (Å²) in [7, 11) is -3.84. The van der Waals surface area contributed by atoms with Crippen LogP contribution in [0.4, 0.5) is 10.1 Å². The summed E-state index contributed by atoms with van der Waals surface area (Å²) < 4.78 is 40.6. The number of hydrogen-bond acceptors (Lipinski definition) is 4. The average Bonchev–Trinajstić information content (AvgIpc) is 2.93. The molecule has 2 amide bonds. The number of aryl methyl sites for hydroxylation is 1. The van der Waals surface area contributed by atoms with Crippen molar-refractivity contribution in [2.24, 2.45) is 0 Å². The lowest BCUT2D eigenvalue weighted by Gasteiger charge is -2.34. The molecule has 0 bridgehead atoms. The molecule has 0 aromatic heterocycles. The first-order chi connectivity index (χ1) is 18.6. The van der Waals surface area contributed by atoms with E-state index in [0.717, 1.165) is 21.7 Å². The van der Waals surface area contributed by atoms with Gasteiger partial charge in [-0.15, -0.1) is 0 Å². The largest absolute Gasteiger partial charge is 0.354 e. The number of benzene rings is 3. The summed E-state index contributed by atoms with van der Waals surface area (Å²) in [5.74, 6) is -1.29. The van der Waals surface area contributed by atoms with E-state index in [2.05, 4.69) is 5.32 Å². The number of sulfonamides is 1. The van der Waals surface area contributed by atoms with Crippen LogP contribution >= 0.6 is 0 Å². The van der Waals surface area contributed by atoms with Gasteiger partial charge in [0.1, 0.15) is 18.4 Å². The molecule has 0 spiro atoms. The minimum Gasteiger partial charge on any atom is -0.354 e. The second kappa shape index (κ2) is 13.9. The van der Waals surface area contributed by atoms with Crippen LogP contribution < -0.4 is 9.62 Å². The smallest absolute Gasteiger partial charge is 0.244 e. The number of hydrogen-bond donors (Lipinski definition) is 1. The molecule has 0 saturated heterocycles. The van der Waals surface area contributed by atoms with E-state index in [1.54, 1.807) is 24.3 Å². The fourth-order valence-electron chi connectivity index (χ4n) is 4.35. The van der Waals surface area contributed by atoms with E-state index < -0.39 is 34.3 Å². The standard InChI is InChI=1S/C30H36FN3O4S/c1-4-19-32-30(36)28(20-23-11-7-6-8-12-23)33(21-24-15-17-26(31)18-16-24)29(35)22-34(39(3,37)38)27-14-10-9-13-25(27)5-2/h6-18,28H,4-5,19-22H2,1-3H3,(H,32,36)/t28-/m0/s1. The molecule has 0 aliphatic rings. The predicted molar refractivity (Wildman–Crippen MR) is 152 cm³/mol. The lowest BCUT2D eigenvalue weighted by molar-refractivity contribution is -0.140. The van der Waals surface area contributed by atoms with E-state index in [1.165, 1.54) is 17.0 Å². The summed E-state index contributed by atoms with van der Waals surface area (Å²) in [5, 5.41) is 2.89. The number of rotatable bonds is 13. The minimum absolute atomic E-state index is 0.00316. The maximum absolute atomic E-state index is 14.0. The van der Waals surface area contributed by atoms with Gasteiger partial charge in [0.2, 0.25) is 21.8 Å². The Balaban J connectivity index is 2.05. The van der Waals surface area contributed by atoms with E-state index >= 15 is 0 Å². The van der Waals surface area contributed by atoms with Crippen molar-refractivity contribution in [3.63, 3.8) is 0 Å². The van der Waals surface area contributed by atoms with Crippen LogP contribution in [-0.4, -0.2) is 50.5 Å². The van der Waals surface area contributed by atoms with Crippen molar-refractivity contribution in [1.82, 2.24) is 10.2 Å². The van der Waals surface area contributed by atoms with Crippen LogP contribution in [0, 0.1) is 5.82 Å². The maximum Gasteiger partial charge on any atom is 0.244 e. The molecule has 0 unspecified atom stereocenters. The van der Waals surface area contributed by atoms with Gasteiger partial charge in [-0.2, -0.15) is 0 Å². The summed E-state index contributed by atoms with van der Waals surface area (Å²) in [4.78, 5) is 28.9. The number of carbonyl (C=O) groups is 2. The Kier molecular flexibility index (Phi) is 10.6. The highest BCUT2D eigenvalue weighted by atomic mass is 32.2. The van der Waals surface area contributed by atoms with Gasteiger partial charge in [-0.25, -0.2) is 12.8 Å². The van der Waals surface area contributed by atoms with E-state index in [4.69, 9.17) is 0 Å². The molecular formula is C30H36FN3O4S. The van der Waals surface area contributed by atoms with Gasteiger partial charge in [0.25, 0.3) is 0 Å². The summed E-state index contributed by atoms with van der Waals surface area (Å²) in [6.45, 7) is 3.80. The van der Waals surface area contributed by atoms with Gasteiger partial charge in [-0.1, -0.05) is 74.5 Å². The highest BCUT2D eigenvalue weighted by Gasteiger charge is 2.33. The molecule has 0 radical (unpaired) electrons. The number of carbonyl (C=O) groups excluding carboxylic acids is 2. The average molecular weight is 554 g/mol. The van der Waals surface area contributed by atoms with Crippen molar-refractivity contribution in [2.75, 3.05) is 23.7 Å². The third-order valence-electron chi connectivity index (χ3n) is 6.41. The number of anilines is 1. The Morgan fingerprint density at radius 3 is 2.15 bits per heavy atom. The van der Waals surface area contributed by atoms with Crippen molar-refractivity contribution < 1.29 is 22.4 Å². The molecule has 0 fully saturated rings. The number of nitrogens with one attached hydrogen (secondary N) is 1. The van der Waals surface area contributed by atoms with Gasteiger partial charge >= 0.3 is 0 Å². The summed E-state index contributed by atoms with van der Waals surface area (Å²) in [6.07, 6.45) is 2.58. The molecule has 1 atom stereocenters. The first-order valence-electron chi connectivity index (χ1n) is 13.0. The highest BCUT2D eigenvalue weighted by molar-refractivity contribution is 7.92. The van der Waals surface area contributed by atoms with Crippen LogP contribution in [0.25, 0.3) is 0 Å². The lowest BCUT2D eigenvalue weighted by Crippen LogP contribution is -2.53. The van der Waals surface area contributed by atoms with Crippen molar-refractivity contribution in [1.29, 1.82) is 0 Å². The van der Waals surface area contributed by atoms with Gasteiger partial charge in [0, 0.05) is 19.5 Å². The first-order valence-corrected chi connectivity index (χ1v) is 14.9. The van der Waals surface area contributed by atoms with Gasteiger partial charge < -0.3 is 10.2 Å². The molecular weight excluding hydrogens is 517 g/mol. The number of para-hydroxylation sites is 1. The zero-order chi connectivity index (χ0) is 28.4. The molecule has 7 nitrogen and oxygen atoms in total. The third-order valence-corrected chi connectivity index (χ3v) is 7.53. The molecule has 208 valence electrons. The molecule has 1 N–H and O–H groups in total. The van der Waals surface area contributed by atoms with Crippen LogP contribution in [0.5, 0.6) is 0 Å². The molecule has 0 saturated carbocycles. The predicted octanol–water partition coefficient (Wildman–Crippen LogP) is 4.32. The summed E-state index contributed by atoms with van der Waals surface area (Å²) >= 11 is 0. The monoisotopic (exact) mass is 553 g/mol. The lowest BCUT2D eigenvalue weighted by atomic mass is 10.0. The topological polar surface area (TPSA) is 86.8 Å². The normalized spacial score (nSPS) is 12.0. The molecule has 0 aliphatic heterocycles. The van der Waals surface area contributed by atoms with E-state index in [9.17, 15) is 22.4 Å². The molecule has 0 aliphatic carbocycles. The molecule has 3 aromatic carbocycles. The molecule has 3 rings (SSSR count). The minimum atomic E-state index is -3.84. The van der Waals surface area contributed by atoms with Crippen molar-refractivity contribution >= 4 is 27.5 Å². The van der Waals surface area contributed by atoms with Crippen LogP contribution in [-0.2, 0) is 39.0 Å². The second-order valence-corrected chi connectivity index (χ2v) is 11.3. The highest BCUT2D eigenvalue weighted by Crippen LogP contribution is 2.24. The fourth-order valence-corrected chi connectivity index (χ4v) is 5.23. The summed E-state index contributed by atoms with van der Waals surface area (Å²) in [6, 6.07) is 21.2. The van der Waals surface area contributed by atoms with Crippen LogP contribution in [0.15, 0.2) is 78.9 Å². The number of halogens is 1. The Morgan fingerprint density at radius 2 is 1.54 bits per heavy atom. The Labute approximate surface area is 230 Å². The Morgan fingerprint density at radius 1 is 0.897 bits per heavy atom. The zero-order valence-electron chi connectivity index (χ0n) is 22.6. The maximum atomic E-state index is 14.0. The number of nitrogens with zero attached hydrogens (tertiary/aromatic N) is 2. The summed E-state index contributed by atoms with van der Waals surface area (Å²) in [5.41, 5.74) is 2.67.